The zero-order chi connectivity index (χ0) is 15.2. The molecule has 5 nitrogen and oxygen atoms in total. The van der Waals surface area contributed by atoms with Gasteiger partial charge in [0, 0.05) is 17.4 Å². The summed E-state index contributed by atoms with van der Waals surface area (Å²) in [5.74, 6) is 1.20. The third kappa shape index (κ3) is 4.18. The van der Waals surface area contributed by atoms with Gasteiger partial charge in [0.1, 0.15) is 17.5 Å². The first-order chi connectivity index (χ1) is 10.1. The molecule has 0 aliphatic heterocycles. The quantitative estimate of drug-likeness (QED) is 0.907. The van der Waals surface area contributed by atoms with Crippen LogP contribution >= 0.6 is 0 Å². The number of aromatic nitrogens is 2. The number of hydrogen-bond donors (Lipinski definition) is 1. The molecule has 1 aromatic carbocycles. The normalized spacial score (nSPS) is 11.5. The Balaban J connectivity index is 2.18. The van der Waals surface area contributed by atoms with E-state index in [9.17, 15) is 0 Å². The lowest BCUT2D eigenvalue weighted by Gasteiger charge is -2.13. The summed E-state index contributed by atoms with van der Waals surface area (Å²) < 4.78 is 5.78. The molecule has 1 heterocycles. The van der Waals surface area contributed by atoms with E-state index in [-0.39, 0.29) is 6.10 Å². The molecule has 2 aromatic rings. The Kier molecular flexibility index (Phi) is 4.72. The van der Waals surface area contributed by atoms with Gasteiger partial charge in [0.05, 0.1) is 6.10 Å². The van der Waals surface area contributed by atoms with Crippen molar-refractivity contribution < 1.29 is 4.74 Å². The maximum absolute atomic E-state index is 8.93. The number of rotatable bonds is 5. The van der Waals surface area contributed by atoms with Crippen LogP contribution < -0.4 is 10.1 Å². The molecule has 1 atom stereocenters. The van der Waals surface area contributed by atoms with Gasteiger partial charge >= 0.3 is 0 Å². The molecule has 0 aliphatic carbocycles. The highest BCUT2D eigenvalue weighted by molar-refractivity contribution is 5.56. The number of ether oxygens (including phenoxy) is 1. The Labute approximate surface area is 124 Å². The predicted molar refractivity (Wildman–Crippen MR) is 81.6 cm³/mol. The van der Waals surface area contributed by atoms with Crippen molar-refractivity contribution in [2.24, 2.45) is 0 Å². The molecule has 0 fully saturated rings. The van der Waals surface area contributed by atoms with E-state index in [0.717, 1.165) is 23.6 Å². The van der Waals surface area contributed by atoms with Gasteiger partial charge in [0.25, 0.3) is 0 Å². The van der Waals surface area contributed by atoms with Gasteiger partial charge in [0.15, 0.2) is 0 Å². The molecule has 5 heteroatoms. The van der Waals surface area contributed by atoms with Crippen LogP contribution in [-0.2, 0) is 0 Å². The van der Waals surface area contributed by atoms with Gasteiger partial charge in [-0.25, -0.2) is 9.97 Å². The van der Waals surface area contributed by atoms with Gasteiger partial charge in [0.2, 0.25) is 5.95 Å². The third-order valence-corrected chi connectivity index (χ3v) is 2.97. The van der Waals surface area contributed by atoms with Gasteiger partial charge in [-0.1, -0.05) is 13.0 Å². The summed E-state index contributed by atoms with van der Waals surface area (Å²) in [6, 6.07) is 11.3. The van der Waals surface area contributed by atoms with Crippen molar-refractivity contribution in [1.29, 1.82) is 5.26 Å². The molecule has 0 saturated carbocycles. The molecule has 0 radical (unpaired) electrons. The molecule has 0 amide bonds. The van der Waals surface area contributed by atoms with Gasteiger partial charge < -0.3 is 10.1 Å². The number of hydrogen-bond acceptors (Lipinski definition) is 5. The van der Waals surface area contributed by atoms with Gasteiger partial charge in [-0.15, -0.1) is 0 Å². The number of anilines is 2. The summed E-state index contributed by atoms with van der Waals surface area (Å²) >= 11 is 0. The van der Waals surface area contributed by atoms with E-state index >= 15 is 0 Å². The molecule has 1 N–H and O–H groups in total. The van der Waals surface area contributed by atoms with E-state index in [1.54, 1.807) is 6.07 Å². The summed E-state index contributed by atoms with van der Waals surface area (Å²) in [4.78, 5) is 8.40. The highest BCUT2D eigenvalue weighted by Gasteiger charge is 2.05. The fourth-order valence-electron chi connectivity index (χ4n) is 1.77. The first-order valence-electron chi connectivity index (χ1n) is 6.90. The summed E-state index contributed by atoms with van der Waals surface area (Å²) in [5.41, 5.74) is 1.92. The minimum atomic E-state index is 0.167. The van der Waals surface area contributed by atoms with Crippen LogP contribution in [0.5, 0.6) is 5.75 Å². The van der Waals surface area contributed by atoms with Crippen molar-refractivity contribution in [2.75, 3.05) is 5.32 Å². The number of benzene rings is 1. The van der Waals surface area contributed by atoms with Crippen LogP contribution in [0.4, 0.5) is 11.6 Å². The van der Waals surface area contributed by atoms with Crippen LogP contribution in [-0.4, -0.2) is 16.1 Å². The molecule has 21 heavy (non-hydrogen) atoms. The number of nitrogens with one attached hydrogen (secondary N) is 1. The highest BCUT2D eigenvalue weighted by Crippen LogP contribution is 2.21. The molecule has 108 valence electrons. The smallest absolute Gasteiger partial charge is 0.228 e. The van der Waals surface area contributed by atoms with Crippen LogP contribution in [0.25, 0.3) is 0 Å². The number of nitriles is 1. The number of nitrogens with zero attached hydrogens (tertiary/aromatic N) is 3. The van der Waals surface area contributed by atoms with Crippen LogP contribution in [0.3, 0.4) is 0 Å². The standard InChI is InChI=1S/C16H18N4O/c1-4-12(3)21-15-7-5-6-13(9-15)19-16-18-11(2)8-14(10-17)20-16/h5-9,12H,4H2,1-3H3,(H,18,19,20). The molecule has 0 saturated heterocycles. The molecular weight excluding hydrogens is 264 g/mol. The Bertz CT molecular complexity index is 664. The third-order valence-electron chi connectivity index (χ3n) is 2.97. The van der Waals surface area contributed by atoms with Crippen molar-refractivity contribution in [1.82, 2.24) is 9.97 Å². The van der Waals surface area contributed by atoms with E-state index in [0.29, 0.717) is 11.6 Å². The van der Waals surface area contributed by atoms with Crippen molar-refractivity contribution in [3.8, 4) is 11.8 Å². The predicted octanol–water partition coefficient (Wildman–Crippen LogP) is 3.58. The topological polar surface area (TPSA) is 70.8 Å². The molecule has 0 bridgehead atoms. The molecule has 1 aromatic heterocycles. The van der Waals surface area contributed by atoms with E-state index in [1.165, 1.54) is 0 Å². The Morgan fingerprint density at radius 3 is 2.86 bits per heavy atom. The van der Waals surface area contributed by atoms with Crippen LogP contribution in [0.1, 0.15) is 31.7 Å². The van der Waals surface area contributed by atoms with Crippen molar-refractivity contribution >= 4 is 11.6 Å². The first kappa shape index (κ1) is 14.8. The van der Waals surface area contributed by atoms with Gasteiger partial charge in [-0.2, -0.15) is 5.26 Å². The maximum Gasteiger partial charge on any atom is 0.228 e. The van der Waals surface area contributed by atoms with Crippen LogP contribution in [0, 0.1) is 18.3 Å². The Hall–Kier alpha value is -2.61. The molecule has 2 rings (SSSR count). The lowest BCUT2D eigenvalue weighted by Crippen LogP contribution is -2.09. The summed E-state index contributed by atoms with van der Waals surface area (Å²) in [5, 5.41) is 12.0. The average molecular weight is 282 g/mol. The van der Waals surface area contributed by atoms with E-state index in [4.69, 9.17) is 10.00 Å². The second-order valence-electron chi connectivity index (χ2n) is 4.82. The van der Waals surface area contributed by atoms with Crippen LogP contribution in [0.15, 0.2) is 30.3 Å². The largest absolute Gasteiger partial charge is 0.491 e. The maximum atomic E-state index is 8.93. The lowest BCUT2D eigenvalue weighted by molar-refractivity contribution is 0.217. The second kappa shape index (κ2) is 6.71. The molecule has 0 aliphatic rings. The first-order valence-corrected chi connectivity index (χ1v) is 6.90. The fraction of sp³-hybridized carbons (Fsp3) is 0.312. The van der Waals surface area contributed by atoms with Gasteiger partial charge in [-0.05, 0) is 38.5 Å². The molecule has 0 spiro atoms. The second-order valence-corrected chi connectivity index (χ2v) is 4.82. The molecular formula is C16H18N4O. The van der Waals surface area contributed by atoms with Gasteiger partial charge in [-0.3, -0.25) is 0 Å². The summed E-state index contributed by atoms with van der Waals surface area (Å²) in [7, 11) is 0. The fourth-order valence-corrected chi connectivity index (χ4v) is 1.77. The van der Waals surface area contributed by atoms with Crippen molar-refractivity contribution in [2.45, 2.75) is 33.3 Å². The average Bonchev–Trinajstić information content (AvgIpc) is 2.46. The minimum absolute atomic E-state index is 0.167. The van der Waals surface area contributed by atoms with E-state index < -0.39 is 0 Å². The summed E-state index contributed by atoms with van der Waals surface area (Å²) in [6.45, 7) is 5.94. The Morgan fingerprint density at radius 1 is 1.33 bits per heavy atom. The summed E-state index contributed by atoms with van der Waals surface area (Å²) in [6.07, 6.45) is 1.12. The monoisotopic (exact) mass is 282 g/mol. The zero-order valence-corrected chi connectivity index (χ0v) is 12.4. The molecule has 1 unspecified atom stereocenters. The SMILES string of the molecule is CCC(C)Oc1cccc(Nc2nc(C)cc(C#N)n2)c1. The van der Waals surface area contributed by atoms with Crippen molar-refractivity contribution in [3.63, 3.8) is 0 Å². The van der Waals surface area contributed by atoms with E-state index in [2.05, 4.69) is 22.2 Å². The highest BCUT2D eigenvalue weighted by atomic mass is 16.5. The zero-order valence-electron chi connectivity index (χ0n) is 12.4. The lowest BCUT2D eigenvalue weighted by atomic mass is 10.3. The van der Waals surface area contributed by atoms with Crippen molar-refractivity contribution in [3.05, 3.63) is 41.7 Å². The van der Waals surface area contributed by atoms with E-state index in [1.807, 2.05) is 44.2 Å². The number of aryl methyl sites for hydroxylation is 1. The minimum Gasteiger partial charge on any atom is -0.491 e. The van der Waals surface area contributed by atoms with Crippen LogP contribution in [0.2, 0.25) is 0 Å². The Morgan fingerprint density at radius 2 is 2.14 bits per heavy atom.